The summed E-state index contributed by atoms with van der Waals surface area (Å²) in [5.41, 5.74) is 0.797. The molecule has 1 aromatic heterocycles. The Balaban J connectivity index is 2.41. The normalized spacial score (nSPS) is 12.5. The average molecular weight is 220 g/mol. The molecule has 0 spiro atoms. The molecule has 0 aliphatic carbocycles. The van der Waals surface area contributed by atoms with Gasteiger partial charge in [-0.05, 0) is 0 Å². The van der Waals surface area contributed by atoms with Gasteiger partial charge in [0.1, 0.15) is 0 Å². The quantitative estimate of drug-likeness (QED) is 0.819. The molecular formula is C7H10ClN3OS. The van der Waals surface area contributed by atoms with Crippen LogP contribution in [0.1, 0.15) is 0 Å². The maximum Gasteiger partial charge on any atom is 0.153 e. The van der Waals surface area contributed by atoms with Crippen molar-refractivity contribution >= 4 is 28.1 Å². The number of aromatic nitrogens is 2. The fourth-order valence-electron chi connectivity index (χ4n) is 0.776. The van der Waals surface area contributed by atoms with Crippen LogP contribution < -0.4 is 5.32 Å². The van der Waals surface area contributed by atoms with Gasteiger partial charge >= 0.3 is 0 Å². The Kier molecular flexibility index (Phi) is 4.11. The molecule has 72 valence electrons. The molecule has 0 radical (unpaired) electrons. The Morgan fingerprint density at radius 2 is 2.46 bits per heavy atom. The van der Waals surface area contributed by atoms with Gasteiger partial charge in [0.05, 0.1) is 11.9 Å². The molecule has 1 aromatic rings. The zero-order valence-electron chi connectivity index (χ0n) is 7.16. The first-order valence-corrected chi connectivity index (χ1v) is 5.81. The van der Waals surface area contributed by atoms with Crippen molar-refractivity contribution in [3.05, 3.63) is 17.4 Å². The first-order valence-electron chi connectivity index (χ1n) is 3.70. The van der Waals surface area contributed by atoms with Gasteiger partial charge in [0.15, 0.2) is 5.15 Å². The highest BCUT2D eigenvalue weighted by Gasteiger charge is 1.95. The van der Waals surface area contributed by atoms with Crippen molar-refractivity contribution in [1.82, 2.24) is 10.2 Å². The lowest BCUT2D eigenvalue weighted by atomic mass is 10.5. The number of anilines is 1. The van der Waals surface area contributed by atoms with Gasteiger partial charge in [0.25, 0.3) is 0 Å². The van der Waals surface area contributed by atoms with E-state index in [0.717, 1.165) is 5.69 Å². The van der Waals surface area contributed by atoms with Gasteiger partial charge < -0.3 is 5.32 Å². The van der Waals surface area contributed by atoms with E-state index in [4.69, 9.17) is 11.6 Å². The molecule has 1 unspecified atom stereocenters. The van der Waals surface area contributed by atoms with Crippen LogP contribution in [0.3, 0.4) is 0 Å². The van der Waals surface area contributed by atoms with Gasteiger partial charge in [-0.1, -0.05) is 11.6 Å². The zero-order chi connectivity index (χ0) is 9.68. The maximum absolute atomic E-state index is 10.7. The summed E-state index contributed by atoms with van der Waals surface area (Å²) in [6.45, 7) is 0.644. The first-order chi connectivity index (χ1) is 6.18. The summed E-state index contributed by atoms with van der Waals surface area (Å²) in [5.74, 6) is 0.611. The highest BCUT2D eigenvalue weighted by molar-refractivity contribution is 7.84. The van der Waals surface area contributed by atoms with Crippen molar-refractivity contribution < 1.29 is 4.21 Å². The van der Waals surface area contributed by atoms with Crippen molar-refractivity contribution in [1.29, 1.82) is 0 Å². The molecule has 0 aliphatic heterocycles. The standard InChI is InChI=1S/C7H10ClN3OS/c1-13(12)3-2-9-6-4-7(8)11-10-5-6/h4-5H,2-3H2,1H3,(H,9,11). The van der Waals surface area contributed by atoms with Gasteiger partial charge in [-0.3, -0.25) is 4.21 Å². The molecule has 6 heteroatoms. The van der Waals surface area contributed by atoms with Gasteiger partial charge in [-0.15, -0.1) is 5.10 Å². The minimum atomic E-state index is -0.776. The molecule has 1 heterocycles. The summed E-state index contributed by atoms with van der Waals surface area (Å²) in [5, 5.41) is 10.6. The fraction of sp³-hybridized carbons (Fsp3) is 0.429. The number of nitrogens with zero attached hydrogens (tertiary/aromatic N) is 2. The Hall–Kier alpha value is -0.680. The Bertz CT molecular complexity index is 308. The van der Waals surface area contributed by atoms with E-state index in [1.54, 1.807) is 18.5 Å². The van der Waals surface area contributed by atoms with Crippen molar-refractivity contribution in [3.63, 3.8) is 0 Å². The molecule has 0 bridgehead atoms. The summed E-state index contributed by atoms with van der Waals surface area (Å²) in [6, 6.07) is 1.67. The maximum atomic E-state index is 10.7. The van der Waals surface area contributed by atoms with E-state index in [0.29, 0.717) is 17.5 Å². The van der Waals surface area contributed by atoms with E-state index >= 15 is 0 Å². The third kappa shape index (κ3) is 4.19. The molecule has 0 fully saturated rings. The van der Waals surface area contributed by atoms with Gasteiger partial charge in [0, 0.05) is 35.4 Å². The molecule has 1 N–H and O–H groups in total. The Labute approximate surface area is 84.2 Å². The minimum Gasteiger partial charge on any atom is -0.383 e. The van der Waals surface area contributed by atoms with Gasteiger partial charge in [-0.2, -0.15) is 5.10 Å². The largest absolute Gasteiger partial charge is 0.383 e. The molecule has 0 saturated carbocycles. The van der Waals surface area contributed by atoms with E-state index < -0.39 is 10.8 Å². The summed E-state index contributed by atoms with van der Waals surface area (Å²) < 4.78 is 10.7. The molecule has 0 aliphatic rings. The van der Waals surface area contributed by atoms with Crippen LogP contribution in [0.2, 0.25) is 5.15 Å². The second-order valence-electron chi connectivity index (χ2n) is 2.47. The molecule has 13 heavy (non-hydrogen) atoms. The van der Waals surface area contributed by atoms with Gasteiger partial charge in [0.2, 0.25) is 0 Å². The number of hydrogen-bond donors (Lipinski definition) is 1. The third-order valence-corrected chi connectivity index (χ3v) is 2.31. The number of rotatable bonds is 4. The van der Waals surface area contributed by atoms with Crippen molar-refractivity contribution in [3.8, 4) is 0 Å². The lowest BCUT2D eigenvalue weighted by Gasteiger charge is -2.03. The van der Waals surface area contributed by atoms with Crippen molar-refractivity contribution in [2.24, 2.45) is 0 Å². The minimum absolute atomic E-state index is 0.350. The second-order valence-corrected chi connectivity index (χ2v) is 4.41. The van der Waals surface area contributed by atoms with E-state index in [9.17, 15) is 4.21 Å². The molecule has 0 aromatic carbocycles. The van der Waals surface area contributed by atoms with Crippen LogP contribution in [0, 0.1) is 0 Å². The highest BCUT2D eigenvalue weighted by atomic mass is 35.5. The smallest absolute Gasteiger partial charge is 0.153 e. The Morgan fingerprint density at radius 3 is 3.08 bits per heavy atom. The lowest BCUT2D eigenvalue weighted by molar-refractivity contribution is 0.687. The number of halogens is 1. The number of nitrogens with one attached hydrogen (secondary N) is 1. The average Bonchev–Trinajstić information content (AvgIpc) is 2.03. The van der Waals surface area contributed by atoms with Crippen LogP contribution in [-0.4, -0.2) is 33.0 Å². The fourth-order valence-corrected chi connectivity index (χ4v) is 1.33. The summed E-state index contributed by atoms with van der Waals surface area (Å²) in [7, 11) is -0.776. The summed E-state index contributed by atoms with van der Waals surface area (Å²) in [4.78, 5) is 0. The predicted molar refractivity (Wildman–Crippen MR) is 54.5 cm³/mol. The van der Waals surface area contributed by atoms with Crippen molar-refractivity contribution in [2.45, 2.75) is 0 Å². The molecular weight excluding hydrogens is 210 g/mol. The molecule has 4 nitrogen and oxygen atoms in total. The molecule has 1 atom stereocenters. The third-order valence-electron chi connectivity index (χ3n) is 1.34. The van der Waals surface area contributed by atoms with Crippen LogP contribution >= 0.6 is 11.6 Å². The molecule has 0 amide bonds. The second kappa shape index (κ2) is 5.14. The molecule has 0 saturated heterocycles. The lowest BCUT2D eigenvalue weighted by Crippen LogP contribution is -2.09. The van der Waals surface area contributed by atoms with Crippen LogP contribution in [0.25, 0.3) is 0 Å². The Morgan fingerprint density at radius 1 is 1.69 bits per heavy atom. The predicted octanol–water partition coefficient (Wildman–Crippen LogP) is 0.920. The zero-order valence-corrected chi connectivity index (χ0v) is 8.73. The van der Waals surface area contributed by atoms with Crippen LogP contribution in [0.15, 0.2) is 12.3 Å². The van der Waals surface area contributed by atoms with Crippen molar-refractivity contribution in [2.75, 3.05) is 23.9 Å². The van der Waals surface area contributed by atoms with E-state index in [1.807, 2.05) is 0 Å². The monoisotopic (exact) mass is 219 g/mol. The van der Waals surface area contributed by atoms with E-state index in [2.05, 4.69) is 15.5 Å². The summed E-state index contributed by atoms with van der Waals surface area (Å²) >= 11 is 5.61. The topological polar surface area (TPSA) is 54.9 Å². The van der Waals surface area contributed by atoms with Gasteiger partial charge in [-0.25, -0.2) is 0 Å². The SMILES string of the molecule is CS(=O)CCNc1cnnc(Cl)c1. The molecule has 1 rings (SSSR count). The van der Waals surface area contributed by atoms with Crippen LogP contribution in [-0.2, 0) is 10.8 Å². The van der Waals surface area contributed by atoms with E-state index in [1.165, 1.54) is 0 Å². The van der Waals surface area contributed by atoms with Crippen LogP contribution in [0.4, 0.5) is 5.69 Å². The number of hydrogen-bond acceptors (Lipinski definition) is 4. The first kappa shape index (κ1) is 10.4. The van der Waals surface area contributed by atoms with E-state index in [-0.39, 0.29) is 0 Å². The highest BCUT2D eigenvalue weighted by Crippen LogP contribution is 2.09. The van der Waals surface area contributed by atoms with Crippen LogP contribution in [0.5, 0.6) is 0 Å². The summed E-state index contributed by atoms with van der Waals surface area (Å²) in [6.07, 6.45) is 3.24.